The summed E-state index contributed by atoms with van der Waals surface area (Å²) in [4.78, 5) is 15.5. The second kappa shape index (κ2) is 10.6. The molecule has 1 amide bonds. The number of hydrogen-bond donors (Lipinski definition) is 0. The maximum atomic E-state index is 13.5. The largest absolute Gasteiger partial charge is 0.496 e. The van der Waals surface area contributed by atoms with Crippen molar-refractivity contribution in [2.75, 3.05) is 40.7 Å². The van der Waals surface area contributed by atoms with Gasteiger partial charge in [-0.15, -0.1) is 6.42 Å². The quantitative estimate of drug-likeness (QED) is 0.544. The van der Waals surface area contributed by atoms with E-state index in [9.17, 15) is 4.79 Å². The number of carbonyl (C=O) groups is 1. The van der Waals surface area contributed by atoms with Crippen molar-refractivity contribution in [1.29, 1.82) is 0 Å². The summed E-state index contributed by atoms with van der Waals surface area (Å²) in [5.74, 6) is 5.75. The van der Waals surface area contributed by atoms with E-state index in [1.165, 1.54) is 0 Å². The molecule has 0 aliphatic carbocycles. The highest BCUT2D eigenvalue weighted by atomic mass is 16.7. The minimum Gasteiger partial charge on any atom is -0.496 e. The minimum absolute atomic E-state index is 0.0781. The number of likely N-dealkylation sites (tertiary alicyclic amines) is 1. The van der Waals surface area contributed by atoms with Gasteiger partial charge in [-0.2, -0.15) is 0 Å². The highest BCUT2D eigenvalue weighted by Crippen LogP contribution is 2.46. The molecule has 2 atom stereocenters. The molecule has 0 bridgehead atoms. The summed E-state index contributed by atoms with van der Waals surface area (Å²) in [5.41, 5.74) is 1.65. The van der Waals surface area contributed by atoms with Crippen LogP contribution in [0.3, 0.4) is 0 Å². The van der Waals surface area contributed by atoms with E-state index < -0.39 is 0 Å². The van der Waals surface area contributed by atoms with Crippen LogP contribution >= 0.6 is 0 Å². The molecule has 2 aliphatic heterocycles. The van der Waals surface area contributed by atoms with Crippen LogP contribution in [0.1, 0.15) is 43.2 Å². The maximum Gasteiger partial charge on any atom is 0.231 e. The van der Waals surface area contributed by atoms with Crippen LogP contribution in [-0.2, 0) is 4.79 Å². The van der Waals surface area contributed by atoms with E-state index in [2.05, 4.69) is 12.8 Å². The topological polar surface area (TPSA) is 66.5 Å². The summed E-state index contributed by atoms with van der Waals surface area (Å²) in [5, 5.41) is 0. The fraction of sp³-hybridized carbons (Fsp3) is 0.444. The smallest absolute Gasteiger partial charge is 0.231 e. The number of rotatable bonds is 8. The fourth-order valence-corrected chi connectivity index (χ4v) is 4.68. The number of nitrogens with zero attached hydrogens (tertiary/aromatic N) is 1. The third-order valence-electron chi connectivity index (χ3n) is 6.38. The van der Waals surface area contributed by atoms with Crippen LogP contribution in [0.25, 0.3) is 0 Å². The maximum absolute atomic E-state index is 13.5. The third-order valence-corrected chi connectivity index (χ3v) is 6.38. The van der Waals surface area contributed by atoms with E-state index in [1.807, 2.05) is 23.1 Å². The first kappa shape index (κ1) is 23.6. The van der Waals surface area contributed by atoms with Crippen molar-refractivity contribution in [3.63, 3.8) is 0 Å². The fourth-order valence-electron chi connectivity index (χ4n) is 4.68. The molecule has 34 heavy (non-hydrogen) atoms. The number of carbonyl (C=O) groups excluding carboxylic acids is 1. The van der Waals surface area contributed by atoms with Gasteiger partial charge in [0.1, 0.15) is 23.9 Å². The van der Waals surface area contributed by atoms with Crippen LogP contribution in [0, 0.1) is 18.3 Å². The van der Waals surface area contributed by atoms with Crippen molar-refractivity contribution in [1.82, 2.24) is 4.90 Å². The second-order valence-electron chi connectivity index (χ2n) is 8.69. The van der Waals surface area contributed by atoms with Gasteiger partial charge >= 0.3 is 0 Å². The lowest BCUT2D eigenvalue weighted by molar-refractivity contribution is -0.133. The first-order chi connectivity index (χ1) is 16.5. The van der Waals surface area contributed by atoms with Gasteiger partial charge in [0.05, 0.1) is 14.2 Å². The Balaban J connectivity index is 1.79. The Labute approximate surface area is 200 Å². The molecule has 7 nitrogen and oxygen atoms in total. The number of methoxy groups -OCH3 is 2. The van der Waals surface area contributed by atoms with Gasteiger partial charge in [-0.1, -0.05) is 18.9 Å². The first-order valence-corrected chi connectivity index (χ1v) is 11.5. The number of terminal acetylenes is 1. The Morgan fingerprint density at radius 3 is 2.71 bits per heavy atom. The molecule has 0 N–H and O–H groups in total. The molecule has 1 fully saturated rings. The lowest BCUT2D eigenvalue weighted by Crippen LogP contribution is -2.39. The predicted octanol–water partition coefficient (Wildman–Crippen LogP) is 4.23. The van der Waals surface area contributed by atoms with Crippen molar-refractivity contribution in [2.45, 2.75) is 32.1 Å². The lowest BCUT2D eigenvalue weighted by Gasteiger charge is -2.32. The van der Waals surface area contributed by atoms with E-state index in [1.54, 1.807) is 26.4 Å². The molecular weight excluding hydrogens is 434 g/mol. The monoisotopic (exact) mass is 465 g/mol. The lowest BCUT2D eigenvalue weighted by atomic mass is 9.86. The number of fused-ring (bicyclic) bond motifs is 1. The normalized spacial score (nSPS) is 17.6. The summed E-state index contributed by atoms with van der Waals surface area (Å²) >= 11 is 0. The van der Waals surface area contributed by atoms with Gasteiger partial charge in [0.2, 0.25) is 12.7 Å². The summed E-state index contributed by atoms with van der Waals surface area (Å²) in [6.45, 7) is 3.99. The first-order valence-electron chi connectivity index (χ1n) is 11.5. The number of piperidine rings is 1. The molecule has 180 valence electrons. The number of hydrogen-bond acceptors (Lipinski definition) is 6. The van der Waals surface area contributed by atoms with Gasteiger partial charge in [0.25, 0.3) is 0 Å². The van der Waals surface area contributed by atoms with Crippen molar-refractivity contribution >= 4 is 5.91 Å². The Morgan fingerprint density at radius 2 is 1.97 bits per heavy atom. The summed E-state index contributed by atoms with van der Waals surface area (Å²) in [6.07, 6.45) is 7.89. The Bertz CT molecular complexity index is 1080. The van der Waals surface area contributed by atoms with Crippen LogP contribution in [0.5, 0.6) is 28.7 Å². The van der Waals surface area contributed by atoms with Gasteiger partial charge in [0, 0.05) is 43.1 Å². The molecule has 2 unspecified atom stereocenters. The van der Waals surface area contributed by atoms with E-state index in [4.69, 9.17) is 30.1 Å². The third kappa shape index (κ3) is 5.01. The molecule has 2 aliphatic rings. The van der Waals surface area contributed by atoms with Crippen molar-refractivity contribution in [2.24, 2.45) is 5.92 Å². The predicted molar refractivity (Wildman–Crippen MR) is 128 cm³/mol. The van der Waals surface area contributed by atoms with Crippen molar-refractivity contribution < 1.29 is 28.5 Å². The van der Waals surface area contributed by atoms with Crippen LogP contribution in [-0.4, -0.2) is 51.5 Å². The molecule has 0 aromatic heterocycles. The molecular formula is C27H31NO6. The molecule has 2 aromatic carbocycles. The van der Waals surface area contributed by atoms with Crippen LogP contribution in [0.15, 0.2) is 30.3 Å². The van der Waals surface area contributed by atoms with E-state index >= 15 is 0 Å². The number of amides is 1. The minimum atomic E-state index is -0.354. The second-order valence-corrected chi connectivity index (χ2v) is 8.69. The van der Waals surface area contributed by atoms with Crippen LogP contribution in [0.4, 0.5) is 0 Å². The highest BCUT2D eigenvalue weighted by Gasteiger charge is 2.31. The standard InChI is InChI=1S/C27H31NO6/c1-5-11-32-25-14-20(30-3)13-24(31-4)27(25)21(15-26(29)28-10-6-7-18(2)16-28)19-8-9-22-23(12-19)34-17-33-22/h1,8-9,12-14,18,21H,6-7,10-11,15-17H2,2-4H3. The highest BCUT2D eigenvalue weighted by molar-refractivity contribution is 5.78. The zero-order chi connectivity index (χ0) is 24.1. The van der Waals surface area contributed by atoms with Gasteiger partial charge in [-0.05, 0) is 36.5 Å². The van der Waals surface area contributed by atoms with Crippen LogP contribution in [0.2, 0.25) is 0 Å². The van der Waals surface area contributed by atoms with Gasteiger partial charge in [0.15, 0.2) is 11.5 Å². The number of benzene rings is 2. The SMILES string of the molecule is C#CCOc1cc(OC)cc(OC)c1C(CC(=O)N1CCCC(C)C1)c1ccc2c(c1)OCO2. The zero-order valence-electron chi connectivity index (χ0n) is 20.0. The molecule has 2 heterocycles. The van der Waals surface area contributed by atoms with Gasteiger partial charge < -0.3 is 28.6 Å². The summed E-state index contributed by atoms with van der Waals surface area (Å²) in [6, 6.07) is 9.33. The van der Waals surface area contributed by atoms with E-state index in [0.717, 1.165) is 37.1 Å². The Hall–Kier alpha value is -3.53. The molecule has 2 aromatic rings. The van der Waals surface area contributed by atoms with Crippen LogP contribution < -0.4 is 23.7 Å². The van der Waals surface area contributed by atoms with Crippen molar-refractivity contribution in [3.05, 3.63) is 41.5 Å². The molecule has 4 rings (SSSR count). The zero-order valence-corrected chi connectivity index (χ0v) is 20.0. The number of ether oxygens (including phenoxy) is 5. The summed E-state index contributed by atoms with van der Waals surface area (Å²) in [7, 11) is 3.17. The Kier molecular flexibility index (Phi) is 7.36. The van der Waals surface area contributed by atoms with E-state index in [-0.39, 0.29) is 31.6 Å². The summed E-state index contributed by atoms with van der Waals surface area (Å²) < 4.78 is 28.2. The average molecular weight is 466 g/mol. The molecule has 7 heteroatoms. The molecule has 0 saturated carbocycles. The average Bonchev–Trinajstić information content (AvgIpc) is 3.33. The Morgan fingerprint density at radius 1 is 1.18 bits per heavy atom. The van der Waals surface area contributed by atoms with Crippen molar-refractivity contribution in [3.8, 4) is 41.1 Å². The molecule has 0 spiro atoms. The van der Waals surface area contributed by atoms with Gasteiger partial charge in [-0.25, -0.2) is 0 Å². The van der Waals surface area contributed by atoms with E-state index in [0.29, 0.717) is 34.7 Å². The molecule has 1 saturated heterocycles. The van der Waals surface area contributed by atoms with Gasteiger partial charge in [-0.3, -0.25) is 4.79 Å². The molecule has 0 radical (unpaired) electrons.